The van der Waals surface area contributed by atoms with Gasteiger partial charge in [-0.25, -0.2) is 0 Å². The summed E-state index contributed by atoms with van der Waals surface area (Å²) in [7, 11) is 0. The van der Waals surface area contributed by atoms with Crippen LogP contribution in [0.2, 0.25) is 0 Å². The van der Waals surface area contributed by atoms with Gasteiger partial charge in [-0.1, -0.05) is 116 Å². The van der Waals surface area contributed by atoms with Gasteiger partial charge in [0.05, 0.1) is 5.54 Å². The Morgan fingerprint density at radius 3 is 1.50 bits per heavy atom. The highest BCUT2D eigenvalue weighted by Gasteiger charge is 2.42. The summed E-state index contributed by atoms with van der Waals surface area (Å²) < 4.78 is 0. The summed E-state index contributed by atoms with van der Waals surface area (Å²) in [6.07, 6.45) is 0. The number of carbonyl (C=O) groups is 1. The normalized spacial score (nSPS) is 12.2. The topological polar surface area (TPSA) is 29.1 Å². The predicted octanol–water partition coefficient (Wildman–Crippen LogP) is 6.16. The van der Waals surface area contributed by atoms with Crippen molar-refractivity contribution in [3.05, 3.63) is 144 Å². The molecule has 2 heteroatoms. The SMILES string of the molecule is CC(c1ccccc1)C(NC(=O)c1ccccc1)(c1ccccc1)c1ccccc1. The summed E-state index contributed by atoms with van der Waals surface area (Å²) in [4.78, 5) is 13.4. The van der Waals surface area contributed by atoms with E-state index in [4.69, 9.17) is 0 Å². The summed E-state index contributed by atoms with van der Waals surface area (Å²) in [6, 6.07) is 40.3. The molecule has 4 aromatic carbocycles. The van der Waals surface area contributed by atoms with Gasteiger partial charge in [-0.05, 0) is 28.8 Å². The first-order valence-corrected chi connectivity index (χ1v) is 10.3. The Balaban J connectivity index is 1.93. The van der Waals surface area contributed by atoms with E-state index < -0.39 is 5.54 Å². The van der Waals surface area contributed by atoms with E-state index in [0.29, 0.717) is 5.56 Å². The lowest BCUT2D eigenvalue weighted by atomic mass is 9.70. The molecule has 0 radical (unpaired) electrons. The average Bonchev–Trinajstić information content (AvgIpc) is 2.84. The van der Waals surface area contributed by atoms with Gasteiger partial charge in [0.15, 0.2) is 0 Å². The molecule has 0 saturated carbocycles. The van der Waals surface area contributed by atoms with E-state index >= 15 is 0 Å². The zero-order valence-corrected chi connectivity index (χ0v) is 17.0. The molecule has 0 aromatic heterocycles. The monoisotopic (exact) mass is 391 g/mol. The zero-order valence-electron chi connectivity index (χ0n) is 17.0. The molecule has 2 nitrogen and oxygen atoms in total. The maximum atomic E-state index is 13.4. The van der Waals surface area contributed by atoms with Crippen molar-refractivity contribution in [1.82, 2.24) is 5.32 Å². The molecule has 0 aliphatic rings. The van der Waals surface area contributed by atoms with Crippen LogP contribution in [0.4, 0.5) is 0 Å². The Bertz CT molecular complexity index is 1040. The molecule has 1 unspecified atom stereocenters. The largest absolute Gasteiger partial charge is 0.338 e. The van der Waals surface area contributed by atoms with E-state index in [1.807, 2.05) is 84.9 Å². The van der Waals surface area contributed by atoms with Crippen LogP contribution >= 0.6 is 0 Å². The van der Waals surface area contributed by atoms with Gasteiger partial charge in [0.25, 0.3) is 5.91 Å². The molecule has 0 aliphatic carbocycles. The van der Waals surface area contributed by atoms with Crippen molar-refractivity contribution in [2.24, 2.45) is 0 Å². The van der Waals surface area contributed by atoms with Crippen LogP contribution < -0.4 is 5.32 Å². The van der Waals surface area contributed by atoms with Crippen LogP contribution in [-0.4, -0.2) is 5.91 Å². The first kappa shape index (κ1) is 19.7. The van der Waals surface area contributed by atoms with Crippen molar-refractivity contribution >= 4 is 5.91 Å². The number of rotatable bonds is 6. The molecule has 4 aromatic rings. The summed E-state index contributed by atoms with van der Waals surface area (Å²) >= 11 is 0. The average molecular weight is 392 g/mol. The molecule has 0 saturated heterocycles. The van der Waals surface area contributed by atoms with Gasteiger partial charge in [-0.2, -0.15) is 0 Å². The second-order valence-corrected chi connectivity index (χ2v) is 7.49. The highest BCUT2D eigenvalue weighted by molar-refractivity contribution is 5.95. The van der Waals surface area contributed by atoms with Crippen molar-refractivity contribution in [3.8, 4) is 0 Å². The lowest BCUT2D eigenvalue weighted by molar-refractivity contribution is 0.0902. The third-order valence-corrected chi connectivity index (χ3v) is 5.75. The minimum Gasteiger partial charge on any atom is -0.338 e. The predicted molar refractivity (Wildman–Crippen MR) is 122 cm³/mol. The summed E-state index contributed by atoms with van der Waals surface area (Å²) in [6.45, 7) is 2.18. The maximum absolute atomic E-state index is 13.4. The van der Waals surface area contributed by atoms with E-state index in [-0.39, 0.29) is 11.8 Å². The quantitative estimate of drug-likeness (QED) is 0.419. The lowest BCUT2D eigenvalue weighted by Crippen LogP contribution is -2.50. The summed E-state index contributed by atoms with van der Waals surface area (Å²) in [5.41, 5.74) is 3.19. The molecule has 0 aliphatic heterocycles. The van der Waals surface area contributed by atoms with E-state index in [1.165, 1.54) is 5.56 Å². The fourth-order valence-corrected chi connectivity index (χ4v) is 4.15. The third kappa shape index (κ3) is 3.77. The molecule has 0 heterocycles. The van der Waals surface area contributed by atoms with Crippen LogP contribution in [0, 0.1) is 0 Å². The number of hydrogen-bond donors (Lipinski definition) is 1. The van der Waals surface area contributed by atoms with Crippen molar-refractivity contribution in [2.45, 2.75) is 18.4 Å². The van der Waals surface area contributed by atoms with Crippen molar-refractivity contribution in [1.29, 1.82) is 0 Å². The molecule has 148 valence electrons. The number of nitrogens with one attached hydrogen (secondary N) is 1. The van der Waals surface area contributed by atoms with Crippen LogP contribution in [-0.2, 0) is 5.54 Å². The number of amides is 1. The molecule has 30 heavy (non-hydrogen) atoms. The third-order valence-electron chi connectivity index (χ3n) is 5.75. The van der Waals surface area contributed by atoms with Gasteiger partial charge < -0.3 is 5.32 Å². The number of hydrogen-bond acceptors (Lipinski definition) is 1. The van der Waals surface area contributed by atoms with Gasteiger partial charge in [-0.15, -0.1) is 0 Å². The fourth-order valence-electron chi connectivity index (χ4n) is 4.15. The highest BCUT2D eigenvalue weighted by Crippen LogP contribution is 2.42. The van der Waals surface area contributed by atoms with Crippen LogP contribution in [0.3, 0.4) is 0 Å². The van der Waals surface area contributed by atoms with Crippen LogP contribution in [0.5, 0.6) is 0 Å². The van der Waals surface area contributed by atoms with E-state index in [9.17, 15) is 4.79 Å². The van der Waals surface area contributed by atoms with Gasteiger partial charge in [0, 0.05) is 11.5 Å². The molecule has 1 N–H and O–H groups in total. The Kier molecular flexibility index (Phi) is 5.76. The molecule has 1 amide bonds. The molecular formula is C28H25NO. The van der Waals surface area contributed by atoms with Crippen LogP contribution in [0.15, 0.2) is 121 Å². The lowest BCUT2D eigenvalue weighted by Gasteiger charge is -2.41. The second-order valence-electron chi connectivity index (χ2n) is 7.49. The Labute approximate surface area is 178 Å². The Morgan fingerprint density at radius 1 is 0.633 bits per heavy atom. The van der Waals surface area contributed by atoms with E-state index in [1.54, 1.807) is 0 Å². The fraction of sp³-hybridized carbons (Fsp3) is 0.107. The first-order chi connectivity index (χ1) is 14.7. The number of benzene rings is 4. The summed E-state index contributed by atoms with van der Waals surface area (Å²) in [5, 5.41) is 3.44. The number of carbonyl (C=O) groups excluding carboxylic acids is 1. The van der Waals surface area contributed by atoms with E-state index in [0.717, 1.165) is 11.1 Å². The van der Waals surface area contributed by atoms with Gasteiger partial charge >= 0.3 is 0 Å². The molecule has 0 fully saturated rings. The Hall–Kier alpha value is -3.65. The van der Waals surface area contributed by atoms with Gasteiger partial charge in [-0.3, -0.25) is 4.79 Å². The molecule has 4 rings (SSSR count). The molecule has 1 atom stereocenters. The highest BCUT2D eigenvalue weighted by atomic mass is 16.1. The minimum atomic E-state index is -0.725. The van der Waals surface area contributed by atoms with Gasteiger partial charge in [0.2, 0.25) is 0 Å². The van der Waals surface area contributed by atoms with Crippen molar-refractivity contribution < 1.29 is 4.79 Å². The summed E-state index contributed by atoms with van der Waals surface area (Å²) in [5.74, 6) is -0.0951. The van der Waals surface area contributed by atoms with E-state index in [2.05, 4.69) is 48.6 Å². The maximum Gasteiger partial charge on any atom is 0.252 e. The zero-order chi connectivity index (χ0) is 20.8. The molecule has 0 spiro atoms. The van der Waals surface area contributed by atoms with Gasteiger partial charge in [0.1, 0.15) is 0 Å². The Morgan fingerprint density at radius 2 is 1.03 bits per heavy atom. The van der Waals surface area contributed by atoms with Crippen LogP contribution in [0.25, 0.3) is 0 Å². The smallest absolute Gasteiger partial charge is 0.252 e. The minimum absolute atomic E-state index is 0.00355. The van der Waals surface area contributed by atoms with Crippen molar-refractivity contribution in [2.75, 3.05) is 0 Å². The molecular weight excluding hydrogens is 366 g/mol. The first-order valence-electron chi connectivity index (χ1n) is 10.3. The molecule has 0 bridgehead atoms. The standard InChI is InChI=1S/C28H25NO/c1-22(23-14-6-2-7-15-23)28(25-18-10-4-11-19-25,26-20-12-5-13-21-26)29-27(30)24-16-8-3-9-17-24/h2-22H,1H3,(H,29,30). The second kappa shape index (κ2) is 8.79. The van der Waals surface area contributed by atoms with Crippen LogP contribution in [0.1, 0.15) is 39.9 Å². The van der Waals surface area contributed by atoms with Crippen molar-refractivity contribution in [3.63, 3.8) is 0 Å².